The van der Waals surface area contributed by atoms with Gasteiger partial charge in [0.2, 0.25) is 0 Å². The van der Waals surface area contributed by atoms with Crippen molar-refractivity contribution in [2.75, 3.05) is 6.54 Å². The molecule has 1 N–H and O–H groups in total. The monoisotopic (exact) mass is 281 g/mol. The predicted molar refractivity (Wildman–Crippen MR) is 84.4 cm³/mol. The van der Waals surface area contributed by atoms with Gasteiger partial charge in [-0.1, -0.05) is 37.3 Å². The molecule has 3 aromatic rings. The van der Waals surface area contributed by atoms with Crippen LogP contribution in [-0.2, 0) is 13.2 Å². The molecule has 0 radical (unpaired) electrons. The maximum Gasteiger partial charge on any atom is 0.146 e. The lowest BCUT2D eigenvalue weighted by Crippen LogP contribution is -2.12. The molecule has 3 heteroatoms. The third-order valence-electron chi connectivity index (χ3n) is 3.49. The topological polar surface area (TPSA) is 34.4 Å². The van der Waals surface area contributed by atoms with Crippen LogP contribution in [0.3, 0.4) is 0 Å². The van der Waals surface area contributed by atoms with Crippen LogP contribution in [0.1, 0.15) is 18.2 Å². The number of ether oxygens (including phenoxy) is 1. The van der Waals surface area contributed by atoms with Gasteiger partial charge in [0.1, 0.15) is 18.1 Å². The van der Waals surface area contributed by atoms with E-state index in [2.05, 4.69) is 36.5 Å². The van der Waals surface area contributed by atoms with Gasteiger partial charge in [0, 0.05) is 12.1 Å². The zero-order valence-corrected chi connectivity index (χ0v) is 12.1. The first kappa shape index (κ1) is 13.7. The fourth-order valence-electron chi connectivity index (χ4n) is 2.32. The van der Waals surface area contributed by atoms with Crippen molar-refractivity contribution < 1.29 is 9.15 Å². The lowest BCUT2D eigenvalue weighted by Gasteiger charge is -2.07. The SMILES string of the molecule is CCNCc1ccoc1COc1ccc2ccccc2c1. The second-order valence-corrected chi connectivity index (χ2v) is 4.95. The van der Waals surface area contributed by atoms with E-state index in [-0.39, 0.29) is 0 Å². The largest absolute Gasteiger partial charge is 0.486 e. The zero-order valence-electron chi connectivity index (χ0n) is 12.1. The van der Waals surface area contributed by atoms with Crippen molar-refractivity contribution in [1.82, 2.24) is 5.32 Å². The highest BCUT2D eigenvalue weighted by atomic mass is 16.5. The molecule has 3 rings (SSSR count). The van der Waals surface area contributed by atoms with Crippen LogP contribution in [0.15, 0.2) is 59.2 Å². The fraction of sp³-hybridized carbons (Fsp3) is 0.222. The molecule has 0 bridgehead atoms. The minimum atomic E-state index is 0.450. The lowest BCUT2D eigenvalue weighted by molar-refractivity contribution is 0.268. The summed E-state index contributed by atoms with van der Waals surface area (Å²) in [5.41, 5.74) is 1.15. The van der Waals surface area contributed by atoms with Crippen LogP contribution >= 0.6 is 0 Å². The average Bonchev–Trinajstić information content (AvgIpc) is 2.98. The van der Waals surface area contributed by atoms with Crippen molar-refractivity contribution in [3.63, 3.8) is 0 Å². The van der Waals surface area contributed by atoms with Crippen LogP contribution in [0.25, 0.3) is 10.8 Å². The zero-order chi connectivity index (χ0) is 14.5. The molecule has 2 aromatic carbocycles. The summed E-state index contributed by atoms with van der Waals surface area (Å²) < 4.78 is 11.4. The molecule has 21 heavy (non-hydrogen) atoms. The Hall–Kier alpha value is -2.26. The number of furan rings is 1. The molecule has 0 amide bonds. The first-order chi connectivity index (χ1) is 10.4. The van der Waals surface area contributed by atoms with Gasteiger partial charge in [0.05, 0.1) is 6.26 Å². The van der Waals surface area contributed by atoms with E-state index < -0.39 is 0 Å². The highest BCUT2D eigenvalue weighted by Gasteiger charge is 2.07. The number of benzene rings is 2. The molecule has 0 fully saturated rings. The van der Waals surface area contributed by atoms with Crippen LogP contribution < -0.4 is 10.1 Å². The first-order valence-corrected chi connectivity index (χ1v) is 7.24. The molecule has 0 aliphatic carbocycles. The van der Waals surface area contributed by atoms with E-state index in [1.165, 1.54) is 10.8 Å². The normalized spacial score (nSPS) is 10.9. The van der Waals surface area contributed by atoms with Crippen LogP contribution in [0.5, 0.6) is 5.75 Å². The molecule has 1 heterocycles. The van der Waals surface area contributed by atoms with Crippen LogP contribution in [0, 0.1) is 0 Å². The van der Waals surface area contributed by atoms with Crippen molar-refractivity contribution in [2.45, 2.75) is 20.1 Å². The van der Waals surface area contributed by atoms with Gasteiger partial charge >= 0.3 is 0 Å². The third-order valence-corrected chi connectivity index (χ3v) is 3.49. The summed E-state index contributed by atoms with van der Waals surface area (Å²) in [6.45, 7) is 4.29. The van der Waals surface area contributed by atoms with E-state index in [0.717, 1.165) is 30.2 Å². The Balaban J connectivity index is 1.70. The minimum absolute atomic E-state index is 0.450. The van der Waals surface area contributed by atoms with Crippen LogP contribution in [0.4, 0.5) is 0 Å². The first-order valence-electron chi connectivity index (χ1n) is 7.24. The highest BCUT2D eigenvalue weighted by molar-refractivity contribution is 5.83. The van der Waals surface area contributed by atoms with Crippen molar-refractivity contribution in [1.29, 1.82) is 0 Å². The summed E-state index contributed by atoms with van der Waals surface area (Å²) in [7, 11) is 0. The molecule has 0 atom stereocenters. The quantitative estimate of drug-likeness (QED) is 0.738. The van der Waals surface area contributed by atoms with E-state index in [1.54, 1.807) is 6.26 Å². The van der Waals surface area contributed by atoms with Gasteiger partial charge in [0.25, 0.3) is 0 Å². The van der Waals surface area contributed by atoms with E-state index in [1.807, 2.05) is 24.3 Å². The number of hydrogen-bond donors (Lipinski definition) is 1. The van der Waals surface area contributed by atoms with Gasteiger partial charge in [0.15, 0.2) is 0 Å². The maximum atomic E-state index is 5.86. The van der Waals surface area contributed by atoms with Crippen molar-refractivity contribution in [3.8, 4) is 5.75 Å². The number of rotatable bonds is 6. The molecule has 108 valence electrons. The Kier molecular flexibility index (Phi) is 4.22. The Morgan fingerprint density at radius 2 is 1.90 bits per heavy atom. The van der Waals surface area contributed by atoms with E-state index >= 15 is 0 Å². The summed E-state index contributed by atoms with van der Waals surface area (Å²) in [4.78, 5) is 0. The third kappa shape index (κ3) is 3.26. The molecule has 0 spiro atoms. The molecule has 0 saturated carbocycles. The Bertz CT molecular complexity index is 718. The average molecular weight is 281 g/mol. The van der Waals surface area contributed by atoms with Gasteiger partial charge in [-0.25, -0.2) is 0 Å². The highest BCUT2D eigenvalue weighted by Crippen LogP contribution is 2.22. The Labute approximate surface area is 124 Å². The molecular formula is C18H19NO2. The van der Waals surface area contributed by atoms with Gasteiger partial charge in [-0.2, -0.15) is 0 Å². The minimum Gasteiger partial charge on any atom is -0.486 e. The van der Waals surface area contributed by atoms with Crippen LogP contribution in [-0.4, -0.2) is 6.54 Å². The number of nitrogens with one attached hydrogen (secondary N) is 1. The number of fused-ring (bicyclic) bond motifs is 1. The van der Waals surface area contributed by atoms with Crippen molar-refractivity contribution in [2.24, 2.45) is 0 Å². The summed E-state index contributed by atoms with van der Waals surface area (Å²) >= 11 is 0. The molecular weight excluding hydrogens is 262 g/mol. The maximum absolute atomic E-state index is 5.86. The predicted octanol–water partition coefficient (Wildman–Crippen LogP) is 4.12. The van der Waals surface area contributed by atoms with Crippen molar-refractivity contribution >= 4 is 10.8 Å². The van der Waals surface area contributed by atoms with Crippen LogP contribution in [0.2, 0.25) is 0 Å². The molecule has 1 aromatic heterocycles. The Morgan fingerprint density at radius 3 is 2.76 bits per heavy atom. The lowest BCUT2D eigenvalue weighted by atomic mass is 10.1. The summed E-state index contributed by atoms with van der Waals surface area (Å²) in [6, 6.07) is 16.4. The molecule has 0 aliphatic heterocycles. The fourth-order valence-corrected chi connectivity index (χ4v) is 2.32. The van der Waals surface area contributed by atoms with E-state index in [9.17, 15) is 0 Å². The molecule has 3 nitrogen and oxygen atoms in total. The standard InChI is InChI=1S/C18H19NO2/c1-2-19-12-16-9-10-20-18(16)13-21-17-8-7-14-5-3-4-6-15(14)11-17/h3-11,19H,2,12-13H2,1H3. The second kappa shape index (κ2) is 6.46. The Morgan fingerprint density at radius 1 is 1.05 bits per heavy atom. The summed E-state index contributed by atoms with van der Waals surface area (Å²) in [5, 5.41) is 5.70. The van der Waals surface area contributed by atoms with Gasteiger partial charge < -0.3 is 14.5 Å². The smallest absolute Gasteiger partial charge is 0.146 e. The second-order valence-electron chi connectivity index (χ2n) is 4.95. The van der Waals surface area contributed by atoms with E-state index in [0.29, 0.717) is 6.61 Å². The number of hydrogen-bond acceptors (Lipinski definition) is 3. The van der Waals surface area contributed by atoms with E-state index in [4.69, 9.17) is 9.15 Å². The molecule has 0 unspecified atom stereocenters. The van der Waals surface area contributed by atoms with Gasteiger partial charge in [-0.05, 0) is 35.5 Å². The molecule has 0 saturated heterocycles. The van der Waals surface area contributed by atoms with Gasteiger partial charge in [-0.15, -0.1) is 0 Å². The summed E-state index contributed by atoms with van der Waals surface area (Å²) in [5.74, 6) is 1.74. The molecule has 0 aliphatic rings. The van der Waals surface area contributed by atoms with Gasteiger partial charge in [-0.3, -0.25) is 0 Å². The summed E-state index contributed by atoms with van der Waals surface area (Å²) in [6.07, 6.45) is 1.71. The van der Waals surface area contributed by atoms with Crippen molar-refractivity contribution in [3.05, 3.63) is 66.1 Å².